The SMILES string of the molecule is CC(C)(CC(O)(Cc1cc2nc(C=O)ccc2[nH]1)C(F)(F)F)c1cc(Cl)cc2c1OCC2.CC(C)(CC(O)(Cc1cc2nc(CO)ccc2[nH]1)C(F)(F)F)c1cc(Cl)cc2c1OCC2. The summed E-state index contributed by atoms with van der Waals surface area (Å²) in [6.07, 6.45) is -10.5. The summed E-state index contributed by atoms with van der Waals surface area (Å²) < 4.78 is 96.5. The number of ether oxygens (including phenoxy) is 2. The molecule has 0 amide bonds. The summed E-state index contributed by atoms with van der Waals surface area (Å²) in [5.41, 5.74) is -2.69. The number of nitrogens with one attached hydrogen (secondary N) is 2. The maximum atomic E-state index is 14.2. The smallest absolute Gasteiger partial charge is 0.417 e. The third-order valence-corrected chi connectivity index (χ3v) is 12.3. The van der Waals surface area contributed by atoms with E-state index in [0.717, 1.165) is 11.1 Å². The number of alkyl halides is 6. The van der Waals surface area contributed by atoms with Gasteiger partial charge in [-0.05, 0) is 95.5 Å². The maximum Gasteiger partial charge on any atom is 0.417 e. The molecule has 6 heterocycles. The largest absolute Gasteiger partial charge is 0.493 e. The Kier molecular flexibility index (Phi) is 12.6. The molecule has 2 atom stereocenters. The Morgan fingerprint density at radius 1 is 0.672 bits per heavy atom. The van der Waals surface area contributed by atoms with Gasteiger partial charge >= 0.3 is 12.4 Å². The molecule has 10 nitrogen and oxygen atoms in total. The number of hydrogen-bond donors (Lipinski definition) is 5. The molecular weight excluding hydrogens is 889 g/mol. The molecule has 2 unspecified atom stereocenters. The van der Waals surface area contributed by atoms with Crippen LogP contribution >= 0.6 is 23.2 Å². The average molecular weight is 936 g/mol. The van der Waals surface area contributed by atoms with Crippen molar-refractivity contribution >= 4 is 51.6 Å². The molecule has 6 aromatic rings. The molecule has 2 aromatic carbocycles. The van der Waals surface area contributed by atoms with Gasteiger partial charge in [0.2, 0.25) is 0 Å². The second-order valence-corrected chi connectivity index (χ2v) is 18.8. The van der Waals surface area contributed by atoms with Crippen molar-refractivity contribution in [1.29, 1.82) is 0 Å². The Morgan fingerprint density at radius 3 is 1.53 bits per heavy atom. The van der Waals surface area contributed by atoms with Crippen molar-refractivity contribution in [3.63, 3.8) is 0 Å². The van der Waals surface area contributed by atoms with Gasteiger partial charge in [-0.2, -0.15) is 26.3 Å². The molecule has 0 fully saturated rings. The molecule has 2 aliphatic heterocycles. The topological polar surface area (TPSA) is 154 Å². The van der Waals surface area contributed by atoms with Gasteiger partial charge in [0.15, 0.2) is 17.5 Å². The highest BCUT2D eigenvalue weighted by atomic mass is 35.5. The fourth-order valence-electron chi connectivity index (χ4n) is 8.88. The van der Waals surface area contributed by atoms with E-state index in [1.54, 1.807) is 70.2 Å². The Hall–Kier alpha value is -4.87. The number of nitrogens with zero attached hydrogens (tertiary/aromatic N) is 2. The van der Waals surface area contributed by atoms with Gasteiger partial charge in [-0.1, -0.05) is 50.9 Å². The lowest BCUT2D eigenvalue weighted by Gasteiger charge is -2.38. The van der Waals surface area contributed by atoms with Crippen LogP contribution < -0.4 is 9.47 Å². The lowest BCUT2D eigenvalue weighted by Crippen LogP contribution is -2.51. The minimum Gasteiger partial charge on any atom is -0.493 e. The highest BCUT2D eigenvalue weighted by Crippen LogP contribution is 2.49. The van der Waals surface area contributed by atoms with E-state index in [4.69, 9.17) is 32.7 Å². The second kappa shape index (κ2) is 17.2. The van der Waals surface area contributed by atoms with Gasteiger partial charge in [0.25, 0.3) is 0 Å². The molecule has 2 aliphatic rings. The number of aliphatic hydroxyl groups excluding tert-OH is 1. The maximum absolute atomic E-state index is 14.2. The lowest BCUT2D eigenvalue weighted by atomic mass is 9.73. The molecule has 18 heteroatoms. The van der Waals surface area contributed by atoms with Crippen LogP contribution in [0.3, 0.4) is 0 Å². The number of carbonyl (C=O) groups excluding carboxylic acids is 1. The van der Waals surface area contributed by atoms with E-state index < -0.39 is 60.1 Å². The predicted octanol–water partition coefficient (Wildman–Crippen LogP) is 10.0. The molecule has 0 saturated carbocycles. The fourth-order valence-corrected chi connectivity index (χ4v) is 9.37. The first-order valence-electron chi connectivity index (χ1n) is 20.4. The number of aromatic amines is 2. The molecule has 0 spiro atoms. The zero-order valence-electron chi connectivity index (χ0n) is 35.2. The third kappa shape index (κ3) is 9.57. The molecule has 342 valence electrons. The van der Waals surface area contributed by atoms with E-state index in [2.05, 4.69) is 19.9 Å². The standard InChI is InChI=1S/C23H24ClF3N2O3.C23H22ClF3N2O3/c2*1-21(2,17-8-14(24)7-13-5-6-32-20(13)17)12-22(31,23(25,26)27)10-16-9-19-18(29-16)4-3-15(11-30)28-19/h3-4,7-9,29-31H,5-6,10-12H2,1-2H3;3-4,7-9,11,29,31H,5-6,10,12H2,1-2H3. The Labute approximate surface area is 373 Å². The summed E-state index contributed by atoms with van der Waals surface area (Å²) in [4.78, 5) is 25.0. The summed E-state index contributed by atoms with van der Waals surface area (Å²) in [5.74, 6) is 1.09. The number of halogens is 8. The number of pyridine rings is 2. The Bertz CT molecular complexity index is 2720. The minimum absolute atomic E-state index is 0.166. The second-order valence-electron chi connectivity index (χ2n) is 17.9. The number of H-pyrrole nitrogens is 2. The van der Waals surface area contributed by atoms with Crippen LogP contribution in [0, 0.1) is 0 Å². The number of carbonyl (C=O) groups is 1. The van der Waals surface area contributed by atoms with Crippen LogP contribution in [0.25, 0.3) is 22.1 Å². The van der Waals surface area contributed by atoms with Crippen molar-refractivity contribution in [3.8, 4) is 11.5 Å². The summed E-state index contributed by atoms with van der Waals surface area (Å²) in [6.45, 7) is 7.19. The molecule has 4 aromatic heterocycles. The van der Waals surface area contributed by atoms with Crippen LogP contribution in [0.4, 0.5) is 26.3 Å². The van der Waals surface area contributed by atoms with Crippen LogP contribution in [-0.4, -0.2) is 78.3 Å². The number of hydrogen-bond acceptors (Lipinski definition) is 8. The Balaban J connectivity index is 0.000000191. The van der Waals surface area contributed by atoms with Gasteiger partial charge in [-0.3, -0.25) is 4.79 Å². The van der Waals surface area contributed by atoms with Gasteiger partial charge in [-0.25, -0.2) is 9.97 Å². The molecule has 0 saturated heterocycles. The van der Waals surface area contributed by atoms with Crippen LogP contribution in [0.2, 0.25) is 10.0 Å². The number of aliphatic hydroxyl groups is 3. The quantitative estimate of drug-likeness (QED) is 0.0601. The summed E-state index contributed by atoms with van der Waals surface area (Å²) in [7, 11) is 0. The first kappa shape index (κ1) is 47.1. The van der Waals surface area contributed by atoms with Gasteiger partial charge in [0.05, 0.1) is 47.6 Å². The van der Waals surface area contributed by atoms with E-state index in [0.29, 0.717) is 92.8 Å². The van der Waals surface area contributed by atoms with Gasteiger partial charge in [-0.15, -0.1) is 0 Å². The predicted molar refractivity (Wildman–Crippen MR) is 230 cm³/mol. The number of rotatable bonds is 12. The number of aromatic nitrogens is 4. The minimum atomic E-state index is -4.90. The molecule has 0 bridgehead atoms. The zero-order chi connectivity index (χ0) is 46.6. The first-order chi connectivity index (χ1) is 29.8. The normalized spacial score (nSPS) is 16.0. The summed E-state index contributed by atoms with van der Waals surface area (Å²) >= 11 is 12.4. The highest BCUT2D eigenvalue weighted by molar-refractivity contribution is 6.31. The van der Waals surface area contributed by atoms with Crippen LogP contribution in [-0.2, 0) is 43.1 Å². The molecule has 8 rings (SSSR count). The number of aldehydes is 1. The average Bonchev–Trinajstić information content (AvgIpc) is 4.01. The molecule has 0 aliphatic carbocycles. The van der Waals surface area contributed by atoms with Crippen molar-refractivity contribution in [3.05, 3.63) is 116 Å². The van der Waals surface area contributed by atoms with Crippen molar-refractivity contribution in [2.45, 2.75) is 107 Å². The van der Waals surface area contributed by atoms with Gasteiger partial charge in [0.1, 0.15) is 17.2 Å². The Morgan fingerprint density at radius 2 is 1.11 bits per heavy atom. The van der Waals surface area contributed by atoms with Crippen molar-refractivity contribution in [1.82, 2.24) is 19.9 Å². The van der Waals surface area contributed by atoms with E-state index in [9.17, 15) is 46.5 Å². The summed E-state index contributed by atoms with van der Waals surface area (Å²) in [6, 6.07) is 15.9. The van der Waals surface area contributed by atoms with Crippen LogP contribution in [0.1, 0.15) is 90.4 Å². The number of fused-ring (bicyclic) bond motifs is 4. The first-order valence-corrected chi connectivity index (χ1v) is 21.1. The van der Waals surface area contributed by atoms with E-state index in [-0.39, 0.29) is 23.7 Å². The summed E-state index contributed by atoms with van der Waals surface area (Å²) in [5, 5.41) is 32.0. The fraction of sp³-hybridized carbons (Fsp3) is 0.413. The van der Waals surface area contributed by atoms with E-state index in [1.165, 1.54) is 18.2 Å². The number of benzene rings is 2. The van der Waals surface area contributed by atoms with Gasteiger partial charge < -0.3 is 34.8 Å². The van der Waals surface area contributed by atoms with Crippen LogP contribution in [0.5, 0.6) is 11.5 Å². The lowest BCUT2D eigenvalue weighted by molar-refractivity contribution is -0.266. The molecular formula is C46H46Cl2F6N4O6. The van der Waals surface area contributed by atoms with Crippen molar-refractivity contribution in [2.24, 2.45) is 0 Å². The highest BCUT2D eigenvalue weighted by Gasteiger charge is 2.57. The van der Waals surface area contributed by atoms with Crippen LogP contribution in [0.15, 0.2) is 60.7 Å². The van der Waals surface area contributed by atoms with Crippen molar-refractivity contribution in [2.75, 3.05) is 13.2 Å². The van der Waals surface area contributed by atoms with Crippen molar-refractivity contribution < 1.29 is 55.9 Å². The monoisotopic (exact) mass is 934 g/mol. The van der Waals surface area contributed by atoms with E-state index >= 15 is 0 Å². The molecule has 5 N–H and O–H groups in total. The molecule has 64 heavy (non-hydrogen) atoms. The van der Waals surface area contributed by atoms with E-state index in [1.807, 2.05) is 0 Å². The molecule has 0 radical (unpaired) electrons. The van der Waals surface area contributed by atoms with Gasteiger partial charge in [0, 0.05) is 58.2 Å². The third-order valence-electron chi connectivity index (χ3n) is 11.9. The zero-order valence-corrected chi connectivity index (χ0v) is 36.7.